The van der Waals surface area contributed by atoms with Crippen LogP contribution in [-0.2, 0) is 6.18 Å². The SMILES string of the molecule is CCNCC1CCN(c2ccc(C(F)(F)F)nn2)CC1. The fourth-order valence-corrected chi connectivity index (χ4v) is 2.36. The van der Waals surface area contributed by atoms with Crippen LogP contribution >= 0.6 is 0 Å². The van der Waals surface area contributed by atoms with Gasteiger partial charge in [0, 0.05) is 13.1 Å². The number of hydrogen-bond donors (Lipinski definition) is 1. The molecule has 2 heterocycles. The Labute approximate surface area is 116 Å². The lowest BCUT2D eigenvalue weighted by atomic mass is 9.97. The topological polar surface area (TPSA) is 41.0 Å². The predicted octanol–water partition coefficient (Wildman–Crippen LogP) is 2.32. The molecule has 0 aromatic carbocycles. The Morgan fingerprint density at radius 1 is 1.25 bits per heavy atom. The third-order valence-corrected chi connectivity index (χ3v) is 3.56. The summed E-state index contributed by atoms with van der Waals surface area (Å²) in [6.45, 7) is 5.67. The van der Waals surface area contributed by atoms with Crippen LogP contribution in [0.3, 0.4) is 0 Å². The van der Waals surface area contributed by atoms with Crippen molar-refractivity contribution in [2.75, 3.05) is 31.1 Å². The van der Waals surface area contributed by atoms with Crippen LogP contribution < -0.4 is 10.2 Å². The Bertz CT molecular complexity index is 411. The lowest BCUT2D eigenvalue weighted by Crippen LogP contribution is -2.37. The van der Waals surface area contributed by atoms with Gasteiger partial charge in [0.05, 0.1) is 0 Å². The van der Waals surface area contributed by atoms with Crippen molar-refractivity contribution in [2.45, 2.75) is 25.9 Å². The van der Waals surface area contributed by atoms with Crippen molar-refractivity contribution >= 4 is 5.82 Å². The molecule has 7 heteroatoms. The lowest BCUT2D eigenvalue weighted by Gasteiger charge is -2.32. The van der Waals surface area contributed by atoms with E-state index in [2.05, 4.69) is 22.4 Å². The summed E-state index contributed by atoms with van der Waals surface area (Å²) < 4.78 is 37.2. The van der Waals surface area contributed by atoms with Crippen LogP contribution in [0.5, 0.6) is 0 Å². The number of rotatable bonds is 4. The molecule has 1 fully saturated rings. The summed E-state index contributed by atoms with van der Waals surface area (Å²) >= 11 is 0. The molecule has 1 aromatic heterocycles. The molecule has 1 saturated heterocycles. The first-order valence-corrected chi connectivity index (χ1v) is 6.87. The largest absolute Gasteiger partial charge is 0.435 e. The summed E-state index contributed by atoms with van der Waals surface area (Å²) in [6, 6.07) is 2.40. The first-order chi connectivity index (χ1) is 9.50. The molecule has 0 amide bonds. The predicted molar refractivity (Wildman–Crippen MR) is 70.5 cm³/mol. The second kappa shape index (κ2) is 6.39. The molecule has 0 spiro atoms. The third-order valence-electron chi connectivity index (χ3n) is 3.56. The quantitative estimate of drug-likeness (QED) is 0.923. The van der Waals surface area contributed by atoms with Crippen molar-refractivity contribution in [3.63, 3.8) is 0 Å². The van der Waals surface area contributed by atoms with Crippen LogP contribution in [0.1, 0.15) is 25.5 Å². The van der Waals surface area contributed by atoms with E-state index in [0.29, 0.717) is 11.7 Å². The second-order valence-corrected chi connectivity index (χ2v) is 5.01. The van der Waals surface area contributed by atoms with Gasteiger partial charge in [-0.3, -0.25) is 0 Å². The van der Waals surface area contributed by atoms with Crippen LogP contribution in [0.4, 0.5) is 19.0 Å². The Kier molecular flexibility index (Phi) is 4.80. The average Bonchev–Trinajstić information content (AvgIpc) is 2.45. The van der Waals surface area contributed by atoms with Crippen molar-refractivity contribution in [1.82, 2.24) is 15.5 Å². The molecule has 20 heavy (non-hydrogen) atoms. The number of nitrogens with one attached hydrogen (secondary N) is 1. The number of halogens is 3. The van der Waals surface area contributed by atoms with Crippen molar-refractivity contribution in [3.05, 3.63) is 17.8 Å². The van der Waals surface area contributed by atoms with Gasteiger partial charge in [-0.25, -0.2) is 0 Å². The molecule has 0 bridgehead atoms. The zero-order chi connectivity index (χ0) is 14.6. The Balaban J connectivity index is 1.90. The van der Waals surface area contributed by atoms with Crippen LogP contribution in [-0.4, -0.2) is 36.4 Å². The summed E-state index contributed by atoms with van der Waals surface area (Å²) in [5, 5.41) is 10.3. The maximum absolute atomic E-state index is 12.4. The average molecular weight is 288 g/mol. The number of alkyl halides is 3. The highest BCUT2D eigenvalue weighted by atomic mass is 19.4. The smallest absolute Gasteiger partial charge is 0.355 e. The van der Waals surface area contributed by atoms with Crippen LogP contribution in [0, 0.1) is 5.92 Å². The second-order valence-electron chi connectivity index (χ2n) is 5.01. The number of piperidine rings is 1. The zero-order valence-corrected chi connectivity index (χ0v) is 11.5. The summed E-state index contributed by atoms with van der Waals surface area (Å²) in [6.07, 6.45) is -2.38. The highest BCUT2D eigenvalue weighted by Crippen LogP contribution is 2.28. The molecular formula is C13H19F3N4. The first kappa shape index (κ1) is 15.0. The maximum Gasteiger partial charge on any atom is 0.435 e. The van der Waals surface area contributed by atoms with Crippen LogP contribution in [0.2, 0.25) is 0 Å². The third kappa shape index (κ3) is 3.82. The molecule has 1 aliphatic heterocycles. The highest BCUT2D eigenvalue weighted by Gasteiger charge is 2.33. The van der Waals surface area contributed by atoms with Gasteiger partial charge in [0.25, 0.3) is 0 Å². The Hall–Kier alpha value is -1.37. The molecule has 112 valence electrons. The monoisotopic (exact) mass is 288 g/mol. The van der Waals surface area contributed by atoms with Crippen molar-refractivity contribution < 1.29 is 13.2 Å². The van der Waals surface area contributed by atoms with E-state index in [-0.39, 0.29) is 0 Å². The molecule has 1 aliphatic rings. The molecule has 0 unspecified atom stereocenters. The molecule has 4 nitrogen and oxygen atoms in total. The van der Waals surface area contributed by atoms with Gasteiger partial charge in [-0.1, -0.05) is 6.92 Å². The maximum atomic E-state index is 12.4. The van der Waals surface area contributed by atoms with Gasteiger partial charge in [-0.2, -0.15) is 13.2 Å². The minimum atomic E-state index is -4.43. The summed E-state index contributed by atoms with van der Waals surface area (Å²) in [4.78, 5) is 2.00. The molecule has 0 atom stereocenters. The van der Waals surface area contributed by atoms with Crippen LogP contribution in [0.25, 0.3) is 0 Å². The molecule has 1 aromatic rings. The highest BCUT2D eigenvalue weighted by molar-refractivity contribution is 5.38. The summed E-state index contributed by atoms with van der Waals surface area (Å²) in [7, 11) is 0. The van der Waals surface area contributed by atoms with Crippen molar-refractivity contribution in [3.8, 4) is 0 Å². The van der Waals surface area contributed by atoms with Gasteiger partial charge >= 0.3 is 6.18 Å². The number of anilines is 1. The van der Waals surface area contributed by atoms with Gasteiger partial charge in [-0.05, 0) is 44.0 Å². The van der Waals surface area contributed by atoms with E-state index in [4.69, 9.17) is 0 Å². The van der Waals surface area contributed by atoms with E-state index in [0.717, 1.165) is 45.1 Å². The molecule has 0 aliphatic carbocycles. The van der Waals surface area contributed by atoms with Gasteiger partial charge in [-0.15, -0.1) is 10.2 Å². The van der Waals surface area contributed by atoms with Gasteiger partial charge in [0.2, 0.25) is 0 Å². The van der Waals surface area contributed by atoms with Crippen LogP contribution in [0.15, 0.2) is 12.1 Å². The van der Waals surface area contributed by atoms with E-state index in [1.165, 1.54) is 6.07 Å². The van der Waals surface area contributed by atoms with Gasteiger partial charge < -0.3 is 10.2 Å². The fourth-order valence-electron chi connectivity index (χ4n) is 2.36. The molecule has 1 N–H and O–H groups in total. The Morgan fingerprint density at radius 2 is 1.95 bits per heavy atom. The van der Waals surface area contributed by atoms with E-state index in [9.17, 15) is 13.2 Å². The zero-order valence-electron chi connectivity index (χ0n) is 11.5. The van der Waals surface area contributed by atoms with Crippen molar-refractivity contribution in [2.24, 2.45) is 5.92 Å². The normalized spacial score (nSPS) is 17.5. The minimum absolute atomic E-state index is 0.528. The number of nitrogens with zero attached hydrogens (tertiary/aromatic N) is 3. The minimum Gasteiger partial charge on any atom is -0.355 e. The molecular weight excluding hydrogens is 269 g/mol. The van der Waals surface area contributed by atoms with Crippen molar-refractivity contribution in [1.29, 1.82) is 0 Å². The molecule has 2 rings (SSSR count). The summed E-state index contributed by atoms with van der Waals surface area (Å²) in [5.41, 5.74) is -0.941. The molecule has 0 saturated carbocycles. The number of aromatic nitrogens is 2. The Morgan fingerprint density at radius 3 is 2.45 bits per heavy atom. The van der Waals surface area contributed by atoms with E-state index >= 15 is 0 Å². The first-order valence-electron chi connectivity index (χ1n) is 6.87. The van der Waals surface area contributed by atoms with Gasteiger partial charge in [0.1, 0.15) is 0 Å². The summed E-state index contributed by atoms with van der Waals surface area (Å²) in [5.74, 6) is 1.16. The fraction of sp³-hybridized carbons (Fsp3) is 0.692. The van der Waals surface area contributed by atoms with Gasteiger partial charge in [0.15, 0.2) is 11.5 Å². The number of hydrogen-bond acceptors (Lipinski definition) is 4. The van der Waals surface area contributed by atoms with E-state index in [1.54, 1.807) is 0 Å². The lowest BCUT2D eigenvalue weighted by molar-refractivity contribution is -0.141. The van der Waals surface area contributed by atoms with E-state index in [1.807, 2.05) is 4.90 Å². The van der Waals surface area contributed by atoms with E-state index < -0.39 is 11.9 Å². The standard InChI is InChI=1S/C13H19F3N4/c1-2-17-9-10-5-7-20(8-6-10)12-4-3-11(18-19-12)13(14,15)16/h3-4,10,17H,2,5-9H2,1H3. The molecule has 0 radical (unpaired) electrons.